The van der Waals surface area contributed by atoms with Gasteiger partial charge in [-0.3, -0.25) is 14.6 Å². The lowest BCUT2D eigenvalue weighted by molar-refractivity contribution is -0.141. The highest BCUT2D eigenvalue weighted by atomic mass is 16.5. The molecule has 2 saturated heterocycles. The van der Waals surface area contributed by atoms with Crippen LogP contribution in [-0.2, 0) is 20.9 Å². The van der Waals surface area contributed by atoms with Gasteiger partial charge in [0.25, 0.3) is 0 Å². The van der Waals surface area contributed by atoms with Crippen molar-refractivity contribution in [3.63, 3.8) is 0 Å². The summed E-state index contributed by atoms with van der Waals surface area (Å²) in [6.45, 7) is 2.87. The zero-order valence-electron chi connectivity index (χ0n) is 14.7. The van der Waals surface area contributed by atoms with Crippen molar-refractivity contribution in [2.45, 2.75) is 51.2 Å². The molecule has 1 aromatic heterocycles. The second-order valence-electron chi connectivity index (χ2n) is 6.84. The number of aromatic nitrogens is 1. The second kappa shape index (κ2) is 8.94. The Balaban J connectivity index is 1.40. The van der Waals surface area contributed by atoms with Crippen LogP contribution in [0.3, 0.4) is 0 Å². The molecule has 136 valence electrons. The number of hydrogen-bond acceptors (Lipinski definition) is 4. The van der Waals surface area contributed by atoms with Crippen molar-refractivity contribution in [1.29, 1.82) is 0 Å². The van der Waals surface area contributed by atoms with Gasteiger partial charge >= 0.3 is 0 Å². The van der Waals surface area contributed by atoms with Crippen molar-refractivity contribution in [1.82, 2.24) is 14.8 Å². The zero-order chi connectivity index (χ0) is 17.5. The Morgan fingerprint density at radius 1 is 1.16 bits per heavy atom. The molecule has 0 bridgehead atoms. The van der Waals surface area contributed by atoms with Crippen LogP contribution >= 0.6 is 0 Å². The maximum Gasteiger partial charge on any atom is 0.242 e. The number of carbonyl (C=O) groups is 2. The first kappa shape index (κ1) is 17.9. The van der Waals surface area contributed by atoms with Gasteiger partial charge in [-0.25, -0.2) is 0 Å². The van der Waals surface area contributed by atoms with Gasteiger partial charge < -0.3 is 14.5 Å². The Kier molecular flexibility index (Phi) is 6.39. The van der Waals surface area contributed by atoms with Crippen molar-refractivity contribution in [2.24, 2.45) is 0 Å². The summed E-state index contributed by atoms with van der Waals surface area (Å²) < 4.78 is 5.92. The van der Waals surface area contributed by atoms with Gasteiger partial charge in [-0.05, 0) is 37.8 Å². The number of rotatable bonds is 5. The highest BCUT2D eigenvalue weighted by Crippen LogP contribution is 2.17. The van der Waals surface area contributed by atoms with E-state index in [9.17, 15) is 9.59 Å². The van der Waals surface area contributed by atoms with Gasteiger partial charge in [0, 0.05) is 32.3 Å². The van der Waals surface area contributed by atoms with Crippen LogP contribution in [0.25, 0.3) is 0 Å². The lowest BCUT2D eigenvalue weighted by atomic mass is 10.1. The molecule has 0 N–H and O–H groups in total. The van der Waals surface area contributed by atoms with Crippen molar-refractivity contribution in [2.75, 3.05) is 26.2 Å². The Labute approximate surface area is 149 Å². The fourth-order valence-corrected chi connectivity index (χ4v) is 3.43. The minimum atomic E-state index is 0.0680. The van der Waals surface area contributed by atoms with Crippen LogP contribution in [0.1, 0.15) is 44.2 Å². The standard InChI is InChI=1S/C19H27N3O3/c23-18-7-2-1-5-11-22(18)14-19(24)21-12-8-17(9-13-21)25-15-16-6-3-4-10-20-16/h3-4,6,10,17H,1-2,5,7-9,11-15H2. The molecule has 0 aromatic carbocycles. The number of carbonyl (C=O) groups excluding carboxylic acids is 2. The molecule has 2 aliphatic rings. The van der Waals surface area contributed by atoms with E-state index < -0.39 is 0 Å². The molecule has 2 amide bonds. The van der Waals surface area contributed by atoms with Crippen LogP contribution in [0.15, 0.2) is 24.4 Å². The SMILES string of the molecule is O=C(CN1CCCCCC1=O)N1CCC(OCc2ccccn2)CC1. The summed E-state index contributed by atoms with van der Waals surface area (Å²) in [7, 11) is 0. The maximum atomic E-state index is 12.5. The van der Waals surface area contributed by atoms with Gasteiger partial charge in [-0.2, -0.15) is 0 Å². The summed E-state index contributed by atoms with van der Waals surface area (Å²) in [5, 5.41) is 0. The van der Waals surface area contributed by atoms with Crippen molar-refractivity contribution >= 4 is 11.8 Å². The van der Waals surface area contributed by atoms with Crippen LogP contribution in [-0.4, -0.2) is 58.9 Å². The molecule has 0 aliphatic carbocycles. The predicted octanol–water partition coefficient (Wildman–Crippen LogP) is 1.99. The third-order valence-electron chi connectivity index (χ3n) is 4.99. The largest absolute Gasteiger partial charge is 0.372 e. The van der Waals surface area contributed by atoms with E-state index in [1.54, 1.807) is 11.1 Å². The molecule has 3 heterocycles. The summed E-state index contributed by atoms with van der Waals surface area (Å²) >= 11 is 0. The number of pyridine rings is 1. The monoisotopic (exact) mass is 345 g/mol. The van der Waals surface area contributed by atoms with Crippen LogP contribution in [0, 0.1) is 0 Å². The lowest BCUT2D eigenvalue weighted by Crippen LogP contribution is -2.46. The molecular formula is C19H27N3O3. The van der Waals surface area contributed by atoms with E-state index in [0.717, 1.165) is 37.8 Å². The highest BCUT2D eigenvalue weighted by molar-refractivity contribution is 5.85. The summed E-state index contributed by atoms with van der Waals surface area (Å²) in [6.07, 6.45) is 7.23. The van der Waals surface area contributed by atoms with Crippen LogP contribution < -0.4 is 0 Å². The topological polar surface area (TPSA) is 62.7 Å². The molecule has 0 radical (unpaired) electrons. The summed E-state index contributed by atoms with van der Waals surface area (Å²) in [4.78, 5) is 32.4. The third kappa shape index (κ3) is 5.26. The molecule has 0 spiro atoms. The van der Waals surface area contributed by atoms with E-state index in [1.807, 2.05) is 23.1 Å². The molecule has 0 atom stereocenters. The van der Waals surface area contributed by atoms with E-state index in [4.69, 9.17) is 4.74 Å². The summed E-state index contributed by atoms with van der Waals surface area (Å²) in [5.41, 5.74) is 0.931. The number of likely N-dealkylation sites (tertiary alicyclic amines) is 2. The first-order valence-electron chi connectivity index (χ1n) is 9.29. The van der Waals surface area contributed by atoms with Crippen LogP contribution in [0.4, 0.5) is 0 Å². The Hall–Kier alpha value is -1.95. The van der Waals surface area contributed by atoms with E-state index in [1.165, 1.54) is 0 Å². The Morgan fingerprint density at radius 2 is 2.00 bits per heavy atom. The third-order valence-corrected chi connectivity index (χ3v) is 4.99. The molecule has 3 rings (SSSR count). The van der Waals surface area contributed by atoms with E-state index in [0.29, 0.717) is 32.7 Å². The van der Waals surface area contributed by atoms with Crippen molar-refractivity contribution < 1.29 is 14.3 Å². The van der Waals surface area contributed by atoms with E-state index >= 15 is 0 Å². The minimum absolute atomic E-state index is 0.0680. The van der Waals surface area contributed by atoms with Crippen LogP contribution in [0.2, 0.25) is 0 Å². The maximum absolute atomic E-state index is 12.5. The van der Waals surface area contributed by atoms with Gasteiger partial charge in [-0.15, -0.1) is 0 Å². The van der Waals surface area contributed by atoms with Crippen molar-refractivity contribution in [3.05, 3.63) is 30.1 Å². The summed E-state index contributed by atoms with van der Waals surface area (Å²) in [5.74, 6) is 0.192. The minimum Gasteiger partial charge on any atom is -0.372 e. The van der Waals surface area contributed by atoms with Gasteiger partial charge in [-0.1, -0.05) is 12.5 Å². The molecule has 6 nitrogen and oxygen atoms in total. The predicted molar refractivity (Wildman–Crippen MR) is 93.7 cm³/mol. The molecule has 0 saturated carbocycles. The second-order valence-corrected chi connectivity index (χ2v) is 6.84. The zero-order valence-corrected chi connectivity index (χ0v) is 14.7. The molecule has 2 fully saturated rings. The molecule has 2 aliphatic heterocycles. The average Bonchev–Trinajstić information content (AvgIpc) is 2.86. The highest BCUT2D eigenvalue weighted by Gasteiger charge is 2.26. The first-order chi connectivity index (χ1) is 12.2. The fraction of sp³-hybridized carbons (Fsp3) is 0.632. The Morgan fingerprint density at radius 3 is 2.76 bits per heavy atom. The van der Waals surface area contributed by atoms with Crippen molar-refractivity contribution in [3.8, 4) is 0 Å². The number of nitrogens with zero attached hydrogens (tertiary/aromatic N) is 3. The van der Waals surface area contributed by atoms with E-state index in [-0.39, 0.29) is 24.5 Å². The lowest BCUT2D eigenvalue weighted by Gasteiger charge is -2.33. The fourth-order valence-electron chi connectivity index (χ4n) is 3.43. The number of piperidine rings is 1. The van der Waals surface area contributed by atoms with Crippen LogP contribution in [0.5, 0.6) is 0 Å². The van der Waals surface area contributed by atoms with Gasteiger partial charge in [0.05, 0.1) is 24.9 Å². The molecular weight excluding hydrogens is 318 g/mol. The Bertz CT molecular complexity index is 571. The number of ether oxygens (including phenoxy) is 1. The average molecular weight is 345 g/mol. The summed E-state index contributed by atoms with van der Waals surface area (Å²) in [6, 6.07) is 5.80. The van der Waals surface area contributed by atoms with Gasteiger partial charge in [0.15, 0.2) is 0 Å². The molecule has 0 unspecified atom stereocenters. The van der Waals surface area contributed by atoms with Gasteiger partial charge in [0.1, 0.15) is 0 Å². The molecule has 1 aromatic rings. The molecule has 25 heavy (non-hydrogen) atoms. The number of hydrogen-bond donors (Lipinski definition) is 0. The normalized spacial score (nSPS) is 19.8. The first-order valence-corrected chi connectivity index (χ1v) is 9.29. The van der Waals surface area contributed by atoms with E-state index in [2.05, 4.69) is 4.98 Å². The number of amides is 2. The van der Waals surface area contributed by atoms with Gasteiger partial charge in [0.2, 0.25) is 11.8 Å². The smallest absolute Gasteiger partial charge is 0.242 e. The molecule has 6 heteroatoms. The quantitative estimate of drug-likeness (QED) is 0.819.